The normalized spacial score (nSPS) is 14.3. The van der Waals surface area contributed by atoms with Crippen LogP contribution in [0.25, 0.3) is 0 Å². The Morgan fingerprint density at radius 2 is 1.78 bits per heavy atom. The fourth-order valence-corrected chi connectivity index (χ4v) is 2.36. The number of hydrogen-bond acceptors (Lipinski definition) is 3. The van der Waals surface area contributed by atoms with Gasteiger partial charge in [-0.05, 0) is 37.1 Å². The number of nitriles is 1. The topological polar surface area (TPSA) is 62.1 Å². The Morgan fingerprint density at radius 1 is 1.17 bits per heavy atom. The van der Waals surface area contributed by atoms with E-state index >= 15 is 0 Å². The van der Waals surface area contributed by atoms with Crippen LogP contribution in [-0.4, -0.2) is 13.0 Å². The lowest BCUT2D eigenvalue weighted by Crippen LogP contribution is -2.44. The van der Waals surface area contributed by atoms with E-state index in [9.17, 15) is 4.79 Å². The molecule has 0 fully saturated rings. The number of nitrogens with one attached hydrogen (secondary N) is 1. The van der Waals surface area contributed by atoms with E-state index in [0.29, 0.717) is 5.56 Å². The molecule has 0 saturated carbocycles. The van der Waals surface area contributed by atoms with Crippen molar-refractivity contribution in [1.29, 1.82) is 5.26 Å². The third-order valence-corrected chi connectivity index (χ3v) is 4.05. The molecule has 2 aromatic rings. The van der Waals surface area contributed by atoms with Gasteiger partial charge in [-0.25, -0.2) is 0 Å². The lowest BCUT2D eigenvalue weighted by atomic mass is 9.94. The van der Waals surface area contributed by atoms with Gasteiger partial charge in [-0.2, -0.15) is 5.26 Å². The van der Waals surface area contributed by atoms with Crippen molar-refractivity contribution in [2.24, 2.45) is 0 Å². The first kappa shape index (κ1) is 16.7. The molecule has 2 atom stereocenters. The van der Waals surface area contributed by atoms with Gasteiger partial charge in [0, 0.05) is 7.11 Å². The van der Waals surface area contributed by atoms with Crippen LogP contribution < -0.4 is 5.32 Å². The Bertz CT molecular complexity index is 704. The van der Waals surface area contributed by atoms with Crippen molar-refractivity contribution in [1.82, 2.24) is 5.32 Å². The summed E-state index contributed by atoms with van der Waals surface area (Å²) in [6, 6.07) is 18.5. The molecule has 0 aliphatic carbocycles. The largest absolute Gasteiger partial charge is 0.364 e. The van der Waals surface area contributed by atoms with Crippen LogP contribution in [0.15, 0.2) is 54.6 Å². The summed E-state index contributed by atoms with van der Waals surface area (Å²) < 4.78 is 5.50. The highest BCUT2D eigenvalue weighted by molar-refractivity contribution is 5.86. The standard InChI is InChI=1S/C19H20N2O2/c1-14(16-11-9-15(13-20)10-12-16)21-18(22)19(2,23-3)17-7-5-4-6-8-17/h4-12,14H,1-3H3,(H,21,22)/t14-,19+/m0/s1. The SMILES string of the molecule is CO[C@@](C)(C(=O)N[C@@H](C)c1ccc(C#N)cc1)c1ccccc1. The van der Waals surface area contributed by atoms with Crippen LogP contribution in [-0.2, 0) is 15.1 Å². The molecule has 23 heavy (non-hydrogen) atoms. The van der Waals surface area contributed by atoms with E-state index in [1.165, 1.54) is 7.11 Å². The predicted molar refractivity (Wildman–Crippen MR) is 88.5 cm³/mol. The molecule has 4 heteroatoms. The highest BCUT2D eigenvalue weighted by Gasteiger charge is 2.35. The van der Waals surface area contributed by atoms with Crippen molar-refractivity contribution >= 4 is 5.91 Å². The fourth-order valence-electron chi connectivity index (χ4n) is 2.36. The second-order valence-electron chi connectivity index (χ2n) is 5.53. The van der Waals surface area contributed by atoms with Gasteiger partial charge in [0.2, 0.25) is 0 Å². The summed E-state index contributed by atoms with van der Waals surface area (Å²) >= 11 is 0. The van der Waals surface area contributed by atoms with Crippen molar-refractivity contribution in [2.75, 3.05) is 7.11 Å². The Morgan fingerprint density at radius 3 is 2.30 bits per heavy atom. The van der Waals surface area contributed by atoms with Crippen LogP contribution in [0.2, 0.25) is 0 Å². The average molecular weight is 308 g/mol. The molecule has 1 N–H and O–H groups in total. The number of rotatable bonds is 5. The maximum Gasteiger partial charge on any atom is 0.257 e. The number of ether oxygens (including phenoxy) is 1. The zero-order chi connectivity index (χ0) is 16.9. The quantitative estimate of drug-likeness (QED) is 0.922. The van der Waals surface area contributed by atoms with Gasteiger partial charge in [0.1, 0.15) is 0 Å². The maximum absolute atomic E-state index is 12.7. The van der Waals surface area contributed by atoms with E-state index in [0.717, 1.165) is 11.1 Å². The molecule has 0 aromatic heterocycles. The van der Waals surface area contributed by atoms with Crippen molar-refractivity contribution in [3.63, 3.8) is 0 Å². The second-order valence-corrected chi connectivity index (χ2v) is 5.53. The summed E-state index contributed by atoms with van der Waals surface area (Å²) in [5.41, 5.74) is 1.27. The van der Waals surface area contributed by atoms with Crippen LogP contribution in [0.5, 0.6) is 0 Å². The Hall–Kier alpha value is -2.64. The zero-order valence-corrected chi connectivity index (χ0v) is 13.5. The van der Waals surface area contributed by atoms with Gasteiger partial charge in [0.05, 0.1) is 17.7 Å². The van der Waals surface area contributed by atoms with Crippen molar-refractivity contribution in [3.8, 4) is 6.07 Å². The van der Waals surface area contributed by atoms with Crippen molar-refractivity contribution in [3.05, 3.63) is 71.3 Å². The van der Waals surface area contributed by atoms with E-state index in [1.807, 2.05) is 49.4 Å². The first-order chi connectivity index (χ1) is 11.0. The molecule has 0 unspecified atom stereocenters. The number of carbonyl (C=O) groups excluding carboxylic acids is 1. The first-order valence-electron chi connectivity index (χ1n) is 7.43. The zero-order valence-electron chi connectivity index (χ0n) is 13.5. The Balaban J connectivity index is 2.17. The predicted octanol–water partition coefficient (Wildman–Crippen LogP) is 3.30. The summed E-state index contributed by atoms with van der Waals surface area (Å²) in [6.45, 7) is 3.66. The molecule has 118 valence electrons. The van der Waals surface area contributed by atoms with Gasteiger partial charge in [-0.1, -0.05) is 42.5 Å². The number of benzene rings is 2. The molecule has 0 saturated heterocycles. The van der Waals surface area contributed by atoms with Crippen LogP contribution in [0.1, 0.15) is 36.6 Å². The third kappa shape index (κ3) is 3.58. The van der Waals surface area contributed by atoms with Gasteiger partial charge in [0.25, 0.3) is 5.91 Å². The van der Waals surface area contributed by atoms with E-state index in [-0.39, 0.29) is 11.9 Å². The van der Waals surface area contributed by atoms with Crippen LogP contribution in [0, 0.1) is 11.3 Å². The summed E-state index contributed by atoms with van der Waals surface area (Å²) in [6.07, 6.45) is 0. The molecule has 1 amide bonds. The van der Waals surface area contributed by atoms with E-state index in [2.05, 4.69) is 11.4 Å². The van der Waals surface area contributed by atoms with E-state index in [4.69, 9.17) is 10.00 Å². The summed E-state index contributed by atoms with van der Waals surface area (Å²) in [5.74, 6) is -0.206. The highest BCUT2D eigenvalue weighted by atomic mass is 16.5. The fraction of sp³-hybridized carbons (Fsp3) is 0.263. The number of methoxy groups -OCH3 is 1. The molecule has 0 bridgehead atoms. The molecule has 2 aromatic carbocycles. The number of hydrogen-bond donors (Lipinski definition) is 1. The van der Waals surface area contributed by atoms with Gasteiger partial charge in [0.15, 0.2) is 5.60 Å². The van der Waals surface area contributed by atoms with Crippen LogP contribution >= 0.6 is 0 Å². The Labute approximate surface area is 136 Å². The Kier molecular flexibility index (Phi) is 5.15. The molecule has 0 radical (unpaired) electrons. The van der Waals surface area contributed by atoms with Crippen LogP contribution in [0.4, 0.5) is 0 Å². The molecule has 0 spiro atoms. The van der Waals surface area contributed by atoms with Crippen LogP contribution in [0.3, 0.4) is 0 Å². The summed E-state index contributed by atoms with van der Waals surface area (Å²) in [4.78, 5) is 12.7. The molecule has 0 aliphatic heterocycles. The number of carbonyl (C=O) groups is 1. The molecule has 0 aliphatic rings. The van der Waals surface area contributed by atoms with Crippen molar-refractivity contribution < 1.29 is 9.53 Å². The van der Waals surface area contributed by atoms with Gasteiger partial charge in [-0.3, -0.25) is 4.79 Å². The van der Waals surface area contributed by atoms with Gasteiger partial charge in [-0.15, -0.1) is 0 Å². The minimum Gasteiger partial charge on any atom is -0.364 e. The third-order valence-electron chi connectivity index (χ3n) is 4.05. The van der Waals surface area contributed by atoms with Gasteiger partial charge < -0.3 is 10.1 Å². The minimum absolute atomic E-state index is 0.187. The lowest BCUT2D eigenvalue weighted by Gasteiger charge is -2.29. The smallest absolute Gasteiger partial charge is 0.257 e. The summed E-state index contributed by atoms with van der Waals surface area (Å²) in [7, 11) is 1.53. The molecule has 2 rings (SSSR count). The van der Waals surface area contributed by atoms with E-state index < -0.39 is 5.60 Å². The first-order valence-corrected chi connectivity index (χ1v) is 7.43. The van der Waals surface area contributed by atoms with Crippen molar-refractivity contribution in [2.45, 2.75) is 25.5 Å². The number of amides is 1. The average Bonchev–Trinajstić information content (AvgIpc) is 2.61. The maximum atomic E-state index is 12.7. The lowest BCUT2D eigenvalue weighted by molar-refractivity contribution is -0.143. The molecule has 0 heterocycles. The minimum atomic E-state index is -1.05. The molecular weight excluding hydrogens is 288 g/mol. The molecular formula is C19H20N2O2. The molecule has 4 nitrogen and oxygen atoms in total. The second kappa shape index (κ2) is 7.08. The number of nitrogens with zero attached hydrogens (tertiary/aromatic N) is 1. The summed E-state index contributed by atoms with van der Waals surface area (Å²) in [5, 5.41) is 11.8. The van der Waals surface area contributed by atoms with E-state index in [1.54, 1.807) is 19.1 Å². The highest BCUT2D eigenvalue weighted by Crippen LogP contribution is 2.26. The van der Waals surface area contributed by atoms with Gasteiger partial charge >= 0.3 is 0 Å². The monoisotopic (exact) mass is 308 g/mol.